The molecular formula is C13H19N3O. The van der Waals surface area contributed by atoms with Crippen LogP contribution in [0.4, 0.5) is 5.69 Å². The molecule has 1 saturated heterocycles. The molecule has 1 fully saturated rings. The molecule has 3 N–H and O–H groups in total. The highest BCUT2D eigenvalue weighted by atomic mass is 16.1. The van der Waals surface area contributed by atoms with Gasteiger partial charge >= 0.3 is 0 Å². The van der Waals surface area contributed by atoms with Crippen molar-refractivity contribution in [3.8, 4) is 0 Å². The summed E-state index contributed by atoms with van der Waals surface area (Å²) in [5.74, 6) is 0.492. The van der Waals surface area contributed by atoms with E-state index in [-0.39, 0.29) is 5.91 Å². The van der Waals surface area contributed by atoms with Crippen molar-refractivity contribution in [3.63, 3.8) is 0 Å². The Labute approximate surface area is 102 Å². The maximum atomic E-state index is 11.9. The van der Waals surface area contributed by atoms with Crippen LogP contribution in [0, 0.1) is 5.92 Å². The molecule has 1 aromatic rings. The summed E-state index contributed by atoms with van der Waals surface area (Å²) in [7, 11) is 2.11. The second kappa shape index (κ2) is 5.19. The molecule has 0 saturated carbocycles. The third-order valence-electron chi connectivity index (χ3n) is 3.25. The number of rotatable bonds is 3. The lowest BCUT2D eigenvalue weighted by molar-refractivity contribution is 0.0948. The molecule has 1 amide bonds. The largest absolute Gasteiger partial charge is 0.398 e. The smallest absolute Gasteiger partial charge is 0.253 e. The normalized spacial score (nSPS) is 20.4. The first kappa shape index (κ1) is 11.9. The van der Waals surface area contributed by atoms with Crippen LogP contribution in [0.15, 0.2) is 24.3 Å². The number of anilines is 1. The standard InChI is InChI=1S/C13H19N3O/c1-16-7-6-10(9-16)8-15-13(17)11-4-2-3-5-12(11)14/h2-5,10H,6-9,14H2,1H3,(H,15,17). The predicted molar refractivity (Wildman–Crippen MR) is 68.8 cm³/mol. The van der Waals surface area contributed by atoms with E-state index in [1.165, 1.54) is 0 Å². The van der Waals surface area contributed by atoms with Crippen LogP contribution >= 0.6 is 0 Å². The van der Waals surface area contributed by atoms with Gasteiger partial charge in [0.1, 0.15) is 0 Å². The van der Waals surface area contributed by atoms with E-state index in [2.05, 4.69) is 17.3 Å². The fraction of sp³-hybridized carbons (Fsp3) is 0.462. The first-order chi connectivity index (χ1) is 8.16. The van der Waals surface area contributed by atoms with E-state index in [0.717, 1.165) is 26.1 Å². The van der Waals surface area contributed by atoms with E-state index >= 15 is 0 Å². The Bertz CT molecular complexity index is 405. The van der Waals surface area contributed by atoms with E-state index in [1.807, 2.05) is 12.1 Å². The minimum Gasteiger partial charge on any atom is -0.398 e. The number of nitrogens with zero attached hydrogens (tertiary/aromatic N) is 1. The summed E-state index contributed by atoms with van der Waals surface area (Å²) in [6.07, 6.45) is 1.15. The van der Waals surface area contributed by atoms with Crippen molar-refractivity contribution in [2.75, 3.05) is 32.4 Å². The van der Waals surface area contributed by atoms with Crippen LogP contribution in [0.5, 0.6) is 0 Å². The molecule has 0 aromatic heterocycles. The van der Waals surface area contributed by atoms with Crippen molar-refractivity contribution in [2.45, 2.75) is 6.42 Å². The molecule has 0 radical (unpaired) electrons. The first-order valence-electron chi connectivity index (χ1n) is 5.98. The van der Waals surface area contributed by atoms with Crippen LogP contribution in [-0.4, -0.2) is 37.5 Å². The van der Waals surface area contributed by atoms with Gasteiger partial charge in [0.05, 0.1) is 5.56 Å². The highest BCUT2D eigenvalue weighted by Gasteiger charge is 2.20. The molecule has 17 heavy (non-hydrogen) atoms. The van der Waals surface area contributed by atoms with Gasteiger partial charge in [-0.05, 0) is 38.1 Å². The van der Waals surface area contributed by atoms with Crippen LogP contribution in [-0.2, 0) is 0 Å². The van der Waals surface area contributed by atoms with E-state index in [9.17, 15) is 4.79 Å². The van der Waals surface area contributed by atoms with Gasteiger partial charge in [0.2, 0.25) is 0 Å². The molecule has 0 aliphatic carbocycles. The number of para-hydroxylation sites is 1. The molecule has 4 heteroatoms. The number of carbonyl (C=O) groups is 1. The van der Waals surface area contributed by atoms with Gasteiger partial charge in [0.15, 0.2) is 0 Å². The maximum Gasteiger partial charge on any atom is 0.253 e. The van der Waals surface area contributed by atoms with Crippen LogP contribution < -0.4 is 11.1 Å². The quantitative estimate of drug-likeness (QED) is 0.764. The van der Waals surface area contributed by atoms with Crippen molar-refractivity contribution in [3.05, 3.63) is 29.8 Å². The maximum absolute atomic E-state index is 11.9. The molecular weight excluding hydrogens is 214 g/mol. The number of nitrogens with two attached hydrogens (primary N) is 1. The first-order valence-corrected chi connectivity index (χ1v) is 5.98. The summed E-state index contributed by atoms with van der Waals surface area (Å²) in [4.78, 5) is 14.2. The highest BCUT2D eigenvalue weighted by Crippen LogP contribution is 2.14. The van der Waals surface area contributed by atoms with E-state index in [4.69, 9.17) is 5.73 Å². The van der Waals surface area contributed by atoms with Crippen molar-refractivity contribution < 1.29 is 4.79 Å². The van der Waals surface area contributed by atoms with E-state index in [1.54, 1.807) is 12.1 Å². The number of benzene rings is 1. The molecule has 1 aromatic carbocycles. The van der Waals surface area contributed by atoms with Gasteiger partial charge in [-0.3, -0.25) is 4.79 Å². The number of nitrogen functional groups attached to an aromatic ring is 1. The Morgan fingerprint density at radius 2 is 2.29 bits per heavy atom. The second-order valence-electron chi connectivity index (χ2n) is 4.71. The molecule has 92 valence electrons. The lowest BCUT2D eigenvalue weighted by Crippen LogP contribution is -2.30. The van der Waals surface area contributed by atoms with Gasteiger partial charge in [0, 0.05) is 18.8 Å². The number of carbonyl (C=O) groups excluding carboxylic acids is 1. The Kier molecular flexibility index (Phi) is 3.64. The summed E-state index contributed by atoms with van der Waals surface area (Å²) < 4.78 is 0. The Morgan fingerprint density at radius 3 is 2.94 bits per heavy atom. The van der Waals surface area contributed by atoms with Gasteiger partial charge in [0.25, 0.3) is 5.91 Å². The van der Waals surface area contributed by atoms with Gasteiger partial charge < -0.3 is 16.0 Å². The molecule has 1 aliphatic rings. The van der Waals surface area contributed by atoms with Crippen molar-refractivity contribution in [2.24, 2.45) is 5.92 Å². The number of hydrogen-bond acceptors (Lipinski definition) is 3. The zero-order valence-electron chi connectivity index (χ0n) is 10.1. The average molecular weight is 233 g/mol. The Morgan fingerprint density at radius 1 is 1.53 bits per heavy atom. The summed E-state index contributed by atoms with van der Waals surface area (Å²) in [6, 6.07) is 7.16. The van der Waals surface area contributed by atoms with Crippen LogP contribution in [0.2, 0.25) is 0 Å². The lowest BCUT2D eigenvalue weighted by Gasteiger charge is -2.12. The van der Waals surface area contributed by atoms with Crippen LogP contribution in [0.25, 0.3) is 0 Å². The number of amides is 1. The van der Waals surface area contributed by atoms with E-state index < -0.39 is 0 Å². The zero-order chi connectivity index (χ0) is 12.3. The van der Waals surface area contributed by atoms with E-state index in [0.29, 0.717) is 17.2 Å². The minimum atomic E-state index is -0.0716. The predicted octanol–water partition coefficient (Wildman–Crippen LogP) is 0.950. The van der Waals surface area contributed by atoms with Crippen LogP contribution in [0.1, 0.15) is 16.8 Å². The number of hydrogen-bond donors (Lipinski definition) is 2. The summed E-state index contributed by atoms with van der Waals surface area (Å²) in [6.45, 7) is 2.91. The molecule has 0 spiro atoms. The fourth-order valence-corrected chi connectivity index (χ4v) is 2.23. The van der Waals surface area contributed by atoms with Gasteiger partial charge in [-0.2, -0.15) is 0 Å². The topological polar surface area (TPSA) is 58.4 Å². The molecule has 2 rings (SSSR count). The number of nitrogens with one attached hydrogen (secondary N) is 1. The third kappa shape index (κ3) is 2.97. The molecule has 1 heterocycles. The van der Waals surface area contributed by atoms with Crippen molar-refractivity contribution in [1.82, 2.24) is 10.2 Å². The SMILES string of the molecule is CN1CCC(CNC(=O)c2ccccc2N)C1. The summed E-state index contributed by atoms with van der Waals surface area (Å²) >= 11 is 0. The lowest BCUT2D eigenvalue weighted by atomic mass is 10.1. The second-order valence-corrected chi connectivity index (χ2v) is 4.71. The van der Waals surface area contributed by atoms with Crippen molar-refractivity contribution >= 4 is 11.6 Å². The highest BCUT2D eigenvalue weighted by molar-refractivity contribution is 5.99. The molecule has 1 atom stereocenters. The Hall–Kier alpha value is -1.55. The average Bonchev–Trinajstić information content (AvgIpc) is 2.73. The monoisotopic (exact) mass is 233 g/mol. The minimum absolute atomic E-state index is 0.0716. The van der Waals surface area contributed by atoms with Gasteiger partial charge in [-0.25, -0.2) is 0 Å². The molecule has 4 nitrogen and oxygen atoms in total. The van der Waals surface area contributed by atoms with Crippen LogP contribution in [0.3, 0.4) is 0 Å². The van der Waals surface area contributed by atoms with Gasteiger partial charge in [-0.1, -0.05) is 12.1 Å². The number of likely N-dealkylation sites (tertiary alicyclic amines) is 1. The zero-order valence-corrected chi connectivity index (χ0v) is 10.1. The Balaban J connectivity index is 1.88. The van der Waals surface area contributed by atoms with Gasteiger partial charge in [-0.15, -0.1) is 0 Å². The fourth-order valence-electron chi connectivity index (χ4n) is 2.23. The summed E-state index contributed by atoms with van der Waals surface area (Å²) in [5, 5.41) is 2.96. The van der Waals surface area contributed by atoms with Crippen molar-refractivity contribution in [1.29, 1.82) is 0 Å². The molecule has 1 unspecified atom stereocenters. The molecule has 1 aliphatic heterocycles. The third-order valence-corrected chi connectivity index (χ3v) is 3.25. The molecule has 0 bridgehead atoms. The summed E-state index contributed by atoms with van der Waals surface area (Å²) in [5.41, 5.74) is 6.86.